The van der Waals surface area contributed by atoms with Gasteiger partial charge < -0.3 is 5.73 Å². The van der Waals surface area contributed by atoms with Gasteiger partial charge in [0.2, 0.25) is 0 Å². The summed E-state index contributed by atoms with van der Waals surface area (Å²) in [4.78, 5) is 2.45. The summed E-state index contributed by atoms with van der Waals surface area (Å²) in [6.07, 6.45) is 3.35. The van der Waals surface area contributed by atoms with E-state index in [0.29, 0.717) is 12.1 Å². The molecule has 1 rings (SSSR count). The first-order valence-corrected chi connectivity index (χ1v) is 7.55. The number of benzene rings is 1. The molecule has 0 radical (unpaired) electrons. The number of rotatable bonds is 6. The predicted octanol–water partition coefficient (Wildman–Crippen LogP) is 3.40. The Morgan fingerprint density at radius 2 is 2.12 bits per heavy atom. The first-order chi connectivity index (χ1) is 8.10. The van der Waals surface area contributed by atoms with Crippen molar-refractivity contribution in [3.8, 4) is 0 Å². The van der Waals surface area contributed by atoms with Gasteiger partial charge in [-0.2, -0.15) is 11.8 Å². The van der Waals surface area contributed by atoms with Crippen molar-refractivity contribution in [1.82, 2.24) is 4.90 Å². The van der Waals surface area contributed by atoms with Crippen molar-refractivity contribution in [3.63, 3.8) is 0 Å². The van der Waals surface area contributed by atoms with Crippen molar-refractivity contribution >= 4 is 17.4 Å². The topological polar surface area (TPSA) is 29.3 Å². The van der Waals surface area contributed by atoms with Crippen LogP contribution in [0.4, 0.5) is 5.69 Å². The molecule has 0 saturated carbocycles. The summed E-state index contributed by atoms with van der Waals surface area (Å²) in [5, 5.41) is 0. The van der Waals surface area contributed by atoms with Crippen LogP contribution in [0.3, 0.4) is 0 Å². The zero-order valence-electron chi connectivity index (χ0n) is 11.3. The van der Waals surface area contributed by atoms with E-state index in [1.165, 1.54) is 17.7 Å². The highest BCUT2D eigenvalue weighted by Gasteiger charge is 2.19. The second-order valence-electron chi connectivity index (χ2n) is 4.53. The number of nitrogens with two attached hydrogens (primary N) is 1. The van der Waals surface area contributed by atoms with Crippen molar-refractivity contribution in [2.45, 2.75) is 32.4 Å². The number of thioether (sulfide) groups is 1. The Labute approximate surface area is 110 Å². The van der Waals surface area contributed by atoms with Gasteiger partial charge in [0.15, 0.2) is 0 Å². The molecule has 2 N–H and O–H groups in total. The average Bonchev–Trinajstić information content (AvgIpc) is 2.34. The van der Waals surface area contributed by atoms with Crippen LogP contribution in [0.15, 0.2) is 24.3 Å². The van der Waals surface area contributed by atoms with E-state index in [9.17, 15) is 0 Å². The SMILES string of the molecule is CCC(CSC)N(C)C(C)c1cccc(N)c1. The van der Waals surface area contributed by atoms with E-state index < -0.39 is 0 Å². The van der Waals surface area contributed by atoms with E-state index in [-0.39, 0.29) is 0 Å². The van der Waals surface area contributed by atoms with Crippen LogP contribution in [0, 0.1) is 0 Å². The van der Waals surface area contributed by atoms with Crippen molar-refractivity contribution in [2.75, 3.05) is 24.8 Å². The number of anilines is 1. The lowest BCUT2D eigenvalue weighted by Crippen LogP contribution is -2.35. The minimum absolute atomic E-state index is 0.413. The van der Waals surface area contributed by atoms with Gasteiger partial charge in [0, 0.05) is 23.5 Å². The third-order valence-corrected chi connectivity index (χ3v) is 4.13. The fourth-order valence-corrected chi connectivity index (χ4v) is 2.94. The Morgan fingerprint density at radius 3 is 2.65 bits per heavy atom. The highest BCUT2D eigenvalue weighted by Crippen LogP contribution is 2.24. The van der Waals surface area contributed by atoms with E-state index in [0.717, 1.165) is 5.69 Å². The van der Waals surface area contributed by atoms with Crippen LogP contribution < -0.4 is 5.73 Å². The molecule has 0 aliphatic carbocycles. The molecule has 0 amide bonds. The van der Waals surface area contributed by atoms with Crippen molar-refractivity contribution in [1.29, 1.82) is 0 Å². The summed E-state index contributed by atoms with van der Waals surface area (Å²) in [6, 6.07) is 9.24. The summed E-state index contributed by atoms with van der Waals surface area (Å²) in [6.45, 7) is 4.50. The molecule has 3 heteroatoms. The van der Waals surface area contributed by atoms with Gasteiger partial charge in [-0.1, -0.05) is 19.1 Å². The van der Waals surface area contributed by atoms with Gasteiger partial charge in [0.1, 0.15) is 0 Å². The number of nitrogens with zero attached hydrogens (tertiary/aromatic N) is 1. The Bertz CT molecular complexity index is 341. The van der Waals surface area contributed by atoms with Gasteiger partial charge in [-0.15, -0.1) is 0 Å². The summed E-state index contributed by atoms with van der Waals surface area (Å²) >= 11 is 1.91. The highest BCUT2D eigenvalue weighted by molar-refractivity contribution is 7.98. The van der Waals surface area contributed by atoms with Gasteiger partial charge in [0.05, 0.1) is 0 Å². The molecule has 0 aliphatic heterocycles. The molecule has 2 unspecified atom stereocenters. The van der Waals surface area contributed by atoms with Crippen molar-refractivity contribution in [3.05, 3.63) is 29.8 Å². The standard InChI is InChI=1S/C14H24N2S/c1-5-14(10-17-4)16(3)11(2)12-7-6-8-13(15)9-12/h6-9,11,14H,5,10,15H2,1-4H3. The van der Waals surface area contributed by atoms with E-state index in [4.69, 9.17) is 5.73 Å². The van der Waals surface area contributed by atoms with Crippen LogP contribution in [0.5, 0.6) is 0 Å². The maximum atomic E-state index is 5.84. The zero-order chi connectivity index (χ0) is 12.8. The molecule has 0 aliphatic rings. The minimum atomic E-state index is 0.413. The molecule has 0 spiro atoms. The van der Waals surface area contributed by atoms with E-state index in [1.54, 1.807) is 0 Å². The largest absolute Gasteiger partial charge is 0.399 e. The van der Waals surface area contributed by atoms with Gasteiger partial charge >= 0.3 is 0 Å². The van der Waals surface area contributed by atoms with Crippen LogP contribution >= 0.6 is 11.8 Å². The van der Waals surface area contributed by atoms with Crippen molar-refractivity contribution < 1.29 is 0 Å². The summed E-state index contributed by atoms with van der Waals surface area (Å²) in [5.74, 6) is 1.18. The first-order valence-electron chi connectivity index (χ1n) is 6.16. The van der Waals surface area contributed by atoms with E-state index >= 15 is 0 Å². The molecule has 2 atom stereocenters. The molecule has 2 nitrogen and oxygen atoms in total. The fourth-order valence-electron chi connectivity index (χ4n) is 2.09. The lowest BCUT2D eigenvalue weighted by atomic mass is 10.0. The van der Waals surface area contributed by atoms with Gasteiger partial charge in [-0.25, -0.2) is 0 Å². The maximum absolute atomic E-state index is 5.84. The zero-order valence-corrected chi connectivity index (χ0v) is 12.1. The van der Waals surface area contributed by atoms with E-state index in [2.05, 4.69) is 44.2 Å². The highest BCUT2D eigenvalue weighted by atomic mass is 32.2. The lowest BCUT2D eigenvalue weighted by Gasteiger charge is -2.32. The molecular weight excluding hydrogens is 228 g/mol. The van der Waals surface area contributed by atoms with Gasteiger partial charge in [0.25, 0.3) is 0 Å². The molecule has 0 aromatic heterocycles. The molecule has 0 saturated heterocycles. The monoisotopic (exact) mass is 252 g/mol. The molecule has 1 aromatic carbocycles. The Kier molecular flexibility index (Phi) is 5.86. The molecule has 0 bridgehead atoms. The smallest absolute Gasteiger partial charge is 0.0320 e. The predicted molar refractivity (Wildman–Crippen MR) is 79.5 cm³/mol. The summed E-state index contributed by atoms with van der Waals surface area (Å²) in [7, 11) is 2.21. The molecule has 0 fully saturated rings. The van der Waals surface area contributed by atoms with Gasteiger partial charge in [-0.05, 0) is 44.3 Å². The van der Waals surface area contributed by atoms with Crippen LogP contribution in [-0.2, 0) is 0 Å². The van der Waals surface area contributed by atoms with Gasteiger partial charge in [-0.3, -0.25) is 4.90 Å². The average molecular weight is 252 g/mol. The van der Waals surface area contributed by atoms with Crippen LogP contribution in [0.1, 0.15) is 31.9 Å². The van der Waals surface area contributed by atoms with E-state index in [1.807, 2.05) is 23.9 Å². The minimum Gasteiger partial charge on any atom is -0.399 e. The quantitative estimate of drug-likeness (QED) is 0.787. The van der Waals surface area contributed by atoms with Crippen molar-refractivity contribution in [2.24, 2.45) is 0 Å². The second-order valence-corrected chi connectivity index (χ2v) is 5.44. The molecule has 17 heavy (non-hydrogen) atoms. The number of hydrogen-bond donors (Lipinski definition) is 1. The molecule has 0 heterocycles. The third-order valence-electron chi connectivity index (χ3n) is 3.41. The maximum Gasteiger partial charge on any atom is 0.0320 e. The first kappa shape index (κ1) is 14.4. The fraction of sp³-hybridized carbons (Fsp3) is 0.571. The molecular formula is C14H24N2S. The van der Waals surface area contributed by atoms with Crippen LogP contribution in [0.25, 0.3) is 0 Å². The number of nitrogen functional groups attached to an aromatic ring is 1. The Hall–Kier alpha value is -0.670. The summed E-state index contributed by atoms with van der Waals surface area (Å²) in [5.41, 5.74) is 7.99. The Morgan fingerprint density at radius 1 is 1.41 bits per heavy atom. The van der Waals surface area contributed by atoms with Crippen LogP contribution in [0.2, 0.25) is 0 Å². The number of hydrogen-bond acceptors (Lipinski definition) is 3. The molecule has 1 aromatic rings. The third kappa shape index (κ3) is 3.93. The lowest BCUT2D eigenvalue weighted by molar-refractivity contribution is 0.196. The molecule has 96 valence electrons. The second kappa shape index (κ2) is 6.92. The normalized spacial score (nSPS) is 14.9. The Balaban J connectivity index is 2.77. The summed E-state index contributed by atoms with van der Waals surface area (Å²) < 4.78 is 0. The van der Waals surface area contributed by atoms with Crippen LogP contribution in [-0.4, -0.2) is 30.0 Å².